The van der Waals surface area contributed by atoms with Crippen LogP contribution in [-0.2, 0) is 30.7 Å². The number of hydrogen-bond donors (Lipinski definition) is 1. The molecule has 0 unspecified atom stereocenters. The predicted octanol–water partition coefficient (Wildman–Crippen LogP) is 4.12. The first-order valence-corrected chi connectivity index (χ1v) is 12.5. The minimum Gasteiger partial charge on any atom is -0.446 e. The van der Waals surface area contributed by atoms with Gasteiger partial charge in [-0.2, -0.15) is 0 Å². The van der Waals surface area contributed by atoms with E-state index < -0.39 is 11.7 Å². The molecule has 6 rings (SSSR count). The van der Waals surface area contributed by atoms with Gasteiger partial charge < -0.3 is 19.5 Å². The maximum atomic E-state index is 14.9. The largest absolute Gasteiger partial charge is 0.446 e. The first-order chi connectivity index (χ1) is 17.5. The van der Waals surface area contributed by atoms with Crippen LogP contribution in [0.3, 0.4) is 0 Å². The summed E-state index contributed by atoms with van der Waals surface area (Å²) in [5.74, 6) is 0.685. The molecule has 4 heterocycles. The zero-order chi connectivity index (χ0) is 24.6. The minimum atomic E-state index is -0.600. The molecule has 3 aromatic rings. The summed E-state index contributed by atoms with van der Waals surface area (Å²) in [6.07, 6.45) is 6.02. The Morgan fingerprint density at radius 1 is 1.03 bits per heavy atom. The summed E-state index contributed by atoms with van der Waals surface area (Å²) >= 11 is 0. The van der Waals surface area contributed by atoms with Gasteiger partial charge >= 0.3 is 6.09 Å². The van der Waals surface area contributed by atoms with Crippen LogP contribution in [0.4, 0.5) is 15.0 Å². The molecular formula is C26H27FN6O3. The zero-order valence-corrected chi connectivity index (χ0v) is 19.9. The van der Waals surface area contributed by atoms with Crippen LogP contribution >= 0.6 is 0 Å². The van der Waals surface area contributed by atoms with Crippen molar-refractivity contribution in [1.82, 2.24) is 24.6 Å². The third-order valence-corrected chi connectivity index (χ3v) is 7.20. The molecule has 9 nitrogen and oxygen atoms in total. The molecule has 2 aromatic heterocycles. The molecule has 0 radical (unpaired) electrons. The highest BCUT2D eigenvalue weighted by Crippen LogP contribution is 2.27. The molecule has 10 heteroatoms. The molecule has 186 valence electrons. The number of aromatic nitrogens is 4. The Morgan fingerprint density at radius 3 is 2.75 bits per heavy atom. The normalized spacial score (nSPS) is 17.1. The van der Waals surface area contributed by atoms with Crippen LogP contribution in [-0.4, -0.2) is 49.3 Å². The SMILES string of the molecule is O=C(Nc1cccc(-c2nnc3n2CCC3)n1)c1cc2c(cc1F)CCN(C(=O)OC1CCCC1)C2. The summed E-state index contributed by atoms with van der Waals surface area (Å²) in [4.78, 5) is 31.8. The Morgan fingerprint density at radius 2 is 1.89 bits per heavy atom. The number of pyridine rings is 1. The number of halogens is 1. The highest BCUT2D eigenvalue weighted by molar-refractivity contribution is 6.04. The zero-order valence-electron chi connectivity index (χ0n) is 19.9. The van der Waals surface area contributed by atoms with Crippen LogP contribution in [0.2, 0.25) is 0 Å². The van der Waals surface area contributed by atoms with Gasteiger partial charge in [-0.3, -0.25) is 4.79 Å². The number of benzene rings is 1. The fourth-order valence-corrected chi connectivity index (χ4v) is 5.28. The van der Waals surface area contributed by atoms with Gasteiger partial charge in [-0.15, -0.1) is 10.2 Å². The van der Waals surface area contributed by atoms with Gasteiger partial charge in [0.25, 0.3) is 5.91 Å². The molecule has 36 heavy (non-hydrogen) atoms. The second-order valence-corrected chi connectivity index (χ2v) is 9.62. The molecule has 1 aliphatic carbocycles. The topological polar surface area (TPSA) is 102 Å². The molecule has 2 amide bonds. The van der Waals surface area contributed by atoms with Crippen LogP contribution < -0.4 is 5.32 Å². The van der Waals surface area contributed by atoms with E-state index in [0.717, 1.165) is 62.0 Å². The lowest BCUT2D eigenvalue weighted by Crippen LogP contribution is -2.38. The summed E-state index contributed by atoms with van der Waals surface area (Å²) in [7, 11) is 0. The van der Waals surface area contributed by atoms with Crippen molar-refractivity contribution in [2.45, 2.75) is 64.1 Å². The van der Waals surface area contributed by atoms with E-state index >= 15 is 0 Å². The van der Waals surface area contributed by atoms with Crippen molar-refractivity contribution in [3.63, 3.8) is 0 Å². The third kappa shape index (κ3) is 4.31. The Labute approximate surface area is 207 Å². The number of fused-ring (bicyclic) bond motifs is 2. The molecular weight excluding hydrogens is 463 g/mol. The first kappa shape index (κ1) is 22.6. The maximum absolute atomic E-state index is 14.9. The van der Waals surface area contributed by atoms with Crippen molar-refractivity contribution < 1.29 is 18.7 Å². The lowest BCUT2D eigenvalue weighted by molar-refractivity contribution is 0.0618. The fraction of sp³-hybridized carbons (Fsp3) is 0.423. The molecule has 1 fully saturated rings. The van der Waals surface area contributed by atoms with E-state index in [9.17, 15) is 14.0 Å². The van der Waals surface area contributed by atoms with E-state index in [0.29, 0.717) is 30.3 Å². The summed E-state index contributed by atoms with van der Waals surface area (Å²) in [5, 5.41) is 11.2. The monoisotopic (exact) mass is 490 g/mol. The molecule has 2 aliphatic heterocycles. The Kier molecular flexibility index (Phi) is 5.86. The summed E-state index contributed by atoms with van der Waals surface area (Å²) in [6.45, 7) is 1.58. The van der Waals surface area contributed by atoms with Crippen LogP contribution in [0.5, 0.6) is 0 Å². The summed E-state index contributed by atoms with van der Waals surface area (Å²) in [5.41, 5.74) is 2.05. The molecule has 0 atom stereocenters. The van der Waals surface area contributed by atoms with E-state index in [1.807, 2.05) is 10.6 Å². The van der Waals surface area contributed by atoms with Gasteiger partial charge in [-0.05, 0) is 73.9 Å². The molecule has 0 saturated heterocycles. The quantitative estimate of drug-likeness (QED) is 0.590. The first-order valence-electron chi connectivity index (χ1n) is 12.5. The van der Waals surface area contributed by atoms with Crippen molar-refractivity contribution in [3.8, 4) is 11.5 Å². The van der Waals surface area contributed by atoms with Gasteiger partial charge in [0, 0.05) is 26.1 Å². The van der Waals surface area contributed by atoms with E-state index in [-0.39, 0.29) is 24.3 Å². The second kappa shape index (κ2) is 9.33. The molecule has 1 saturated carbocycles. The van der Waals surface area contributed by atoms with Crippen molar-refractivity contribution in [2.75, 3.05) is 11.9 Å². The maximum Gasteiger partial charge on any atom is 0.410 e. The smallest absolute Gasteiger partial charge is 0.410 e. The van der Waals surface area contributed by atoms with E-state index in [4.69, 9.17) is 4.74 Å². The van der Waals surface area contributed by atoms with E-state index in [1.165, 1.54) is 12.1 Å². The number of anilines is 1. The van der Waals surface area contributed by atoms with Gasteiger partial charge in [0.2, 0.25) is 0 Å². The average molecular weight is 491 g/mol. The average Bonchev–Trinajstić information content (AvgIpc) is 3.62. The number of hydrogen-bond acceptors (Lipinski definition) is 6. The molecule has 3 aliphatic rings. The van der Waals surface area contributed by atoms with Crippen molar-refractivity contribution in [2.24, 2.45) is 0 Å². The number of amides is 2. The van der Waals surface area contributed by atoms with Crippen LogP contribution in [0.15, 0.2) is 30.3 Å². The van der Waals surface area contributed by atoms with Crippen molar-refractivity contribution in [1.29, 1.82) is 0 Å². The van der Waals surface area contributed by atoms with Gasteiger partial charge in [-0.25, -0.2) is 14.2 Å². The van der Waals surface area contributed by atoms with Gasteiger partial charge in [0.05, 0.1) is 5.56 Å². The van der Waals surface area contributed by atoms with Gasteiger partial charge in [-0.1, -0.05) is 6.07 Å². The minimum absolute atomic E-state index is 0.0180. The Balaban J connectivity index is 1.18. The van der Waals surface area contributed by atoms with E-state index in [1.54, 1.807) is 17.0 Å². The number of carbonyl (C=O) groups is 2. The number of carbonyl (C=O) groups excluding carboxylic acids is 2. The molecule has 0 bridgehead atoms. The number of aryl methyl sites for hydroxylation is 1. The predicted molar refractivity (Wildman–Crippen MR) is 129 cm³/mol. The Hall–Kier alpha value is -3.82. The van der Waals surface area contributed by atoms with Gasteiger partial charge in [0.15, 0.2) is 5.82 Å². The summed E-state index contributed by atoms with van der Waals surface area (Å²) < 4.78 is 22.6. The number of ether oxygens (including phenoxy) is 1. The van der Waals surface area contributed by atoms with Crippen molar-refractivity contribution in [3.05, 3.63) is 58.7 Å². The van der Waals surface area contributed by atoms with Gasteiger partial charge in [0.1, 0.15) is 29.3 Å². The number of nitrogens with zero attached hydrogens (tertiary/aromatic N) is 5. The fourth-order valence-electron chi connectivity index (χ4n) is 5.28. The van der Waals surface area contributed by atoms with E-state index in [2.05, 4.69) is 20.5 Å². The highest BCUT2D eigenvalue weighted by Gasteiger charge is 2.28. The van der Waals surface area contributed by atoms with Crippen LogP contribution in [0, 0.1) is 5.82 Å². The molecule has 0 spiro atoms. The molecule has 1 N–H and O–H groups in total. The Bertz CT molecular complexity index is 1330. The van der Waals surface area contributed by atoms with Crippen LogP contribution in [0.1, 0.15) is 59.4 Å². The van der Waals surface area contributed by atoms with Crippen LogP contribution in [0.25, 0.3) is 11.5 Å². The number of rotatable bonds is 4. The lowest BCUT2D eigenvalue weighted by atomic mass is 9.96. The third-order valence-electron chi connectivity index (χ3n) is 7.20. The molecule has 1 aromatic carbocycles. The highest BCUT2D eigenvalue weighted by atomic mass is 19.1. The standard InChI is InChI=1S/C26H27FN6O3/c27-20-14-16-10-12-32(26(35)36-18-5-1-2-6-18)15-17(16)13-19(20)25(34)29-22-8-3-7-21(28-22)24-31-30-23-9-4-11-33(23)24/h3,7-8,13-14,18H,1-2,4-6,9-12,15H2,(H,28,29,34). The number of nitrogens with one attached hydrogen (secondary N) is 1. The second-order valence-electron chi connectivity index (χ2n) is 9.62. The van der Waals surface area contributed by atoms with Crippen molar-refractivity contribution >= 4 is 17.8 Å². The lowest BCUT2D eigenvalue weighted by Gasteiger charge is -2.29. The summed E-state index contributed by atoms with van der Waals surface area (Å²) in [6, 6.07) is 8.16.